The first-order valence-corrected chi connectivity index (χ1v) is 10.4. The fourth-order valence-corrected chi connectivity index (χ4v) is 3.98. The standard InChI is InChI=1S/C23H28N4O3/c1-30-21-10-8-19(9-11-21)25-13-15-26(16-14-25)23(29)17-24-18-4-6-20(7-5-18)27-12-2-3-22(27)28/h4-11,24H,2-3,12-17H2,1H3. The maximum absolute atomic E-state index is 12.6. The van der Waals surface area contributed by atoms with Crippen LogP contribution in [0.15, 0.2) is 48.5 Å². The molecule has 7 nitrogen and oxygen atoms in total. The Hall–Kier alpha value is -3.22. The van der Waals surface area contributed by atoms with E-state index in [9.17, 15) is 9.59 Å². The number of carbonyl (C=O) groups is 2. The predicted molar refractivity (Wildman–Crippen MR) is 118 cm³/mol. The number of hydrogen-bond donors (Lipinski definition) is 1. The van der Waals surface area contributed by atoms with E-state index in [1.165, 1.54) is 0 Å². The second kappa shape index (κ2) is 9.07. The minimum atomic E-state index is 0.100. The number of carbonyl (C=O) groups excluding carboxylic acids is 2. The van der Waals surface area contributed by atoms with Crippen LogP contribution in [0.4, 0.5) is 17.1 Å². The van der Waals surface area contributed by atoms with Crippen molar-refractivity contribution in [2.24, 2.45) is 0 Å². The van der Waals surface area contributed by atoms with E-state index >= 15 is 0 Å². The van der Waals surface area contributed by atoms with Crippen LogP contribution in [0, 0.1) is 0 Å². The van der Waals surface area contributed by atoms with Crippen molar-refractivity contribution in [1.82, 2.24) is 4.90 Å². The molecule has 158 valence electrons. The highest BCUT2D eigenvalue weighted by Gasteiger charge is 2.22. The van der Waals surface area contributed by atoms with Crippen molar-refractivity contribution in [3.63, 3.8) is 0 Å². The van der Waals surface area contributed by atoms with Gasteiger partial charge in [0.25, 0.3) is 0 Å². The molecule has 0 aromatic heterocycles. The van der Waals surface area contributed by atoms with Crippen LogP contribution >= 0.6 is 0 Å². The van der Waals surface area contributed by atoms with Gasteiger partial charge < -0.3 is 24.8 Å². The van der Waals surface area contributed by atoms with Crippen LogP contribution in [0.25, 0.3) is 0 Å². The third kappa shape index (κ3) is 4.50. The van der Waals surface area contributed by atoms with E-state index in [4.69, 9.17) is 4.74 Å². The fraction of sp³-hybridized carbons (Fsp3) is 0.391. The average Bonchev–Trinajstić information content (AvgIpc) is 3.24. The lowest BCUT2D eigenvalue weighted by atomic mass is 10.2. The monoisotopic (exact) mass is 408 g/mol. The van der Waals surface area contributed by atoms with E-state index in [1.807, 2.05) is 46.2 Å². The lowest BCUT2D eigenvalue weighted by Crippen LogP contribution is -2.50. The molecule has 7 heteroatoms. The Morgan fingerprint density at radius 2 is 1.60 bits per heavy atom. The molecule has 0 spiro atoms. The molecule has 2 saturated heterocycles. The summed E-state index contributed by atoms with van der Waals surface area (Å²) in [5, 5.41) is 3.20. The normalized spacial score (nSPS) is 16.7. The molecule has 0 radical (unpaired) electrons. The van der Waals surface area contributed by atoms with Crippen LogP contribution in [-0.2, 0) is 9.59 Å². The number of methoxy groups -OCH3 is 1. The molecular formula is C23H28N4O3. The maximum Gasteiger partial charge on any atom is 0.241 e. The number of hydrogen-bond acceptors (Lipinski definition) is 5. The largest absolute Gasteiger partial charge is 0.497 e. The van der Waals surface area contributed by atoms with E-state index < -0.39 is 0 Å². The lowest BCUT2D eigenvalue weighted by molar-refractivity contribution is -0.129. The zero-order chi connectivity index (χ0) is 20.9. The van der Waals surface area contributed by atoms with Gasteiger partial charge in [0.1, 0.15) is 5.75 Å². The number of ether oxygens (including phenoxy) is 1. The molecule has 0 unspecified atom stereocenters. The Labute approximate surface area is 177 Å². The summed E-state index contributed by atoms with van der Waals surface area (Å²) in [6.45, 7) is 4.11. The van der Waals surface area contributed by atoms with Crippen LogP contribution < -0.4 is 19.9 Å². The second-order valence-electron chi connectivity index (χ2n) is 7.62. The SMILES string of the molecule is COc1ccc(N2CCN(C(=O)CNc3ccc(N4CCCC4=O)cc3)CC2)cc1. The Morgan fingerprint density at radius 3 is 2.20 bits per heavy atom. The quantitative estimate of drug-likeness (QED) is 0.796. The summed E-state index contributed by atoms with van der Waals surface area (Å²) in [7, 11) is 1.66. The van der Waals surface area contributed by atoms with Gasteiger partial charge >= 0.3 is 0 Å². The molecule has 2 amide bonds. The molecule has 2 aromatic carbocycles. The van der Waals surface area contributed by atoms with E-state index in [1.54, 1.807) is 7.11 Å². The summed E-state index contributed by atoms with van der Waals surface area (Å²) in [5.74, 6) is 1.13. The maximum atomic E-state index is 12.6. The summed E-state index contributed by atoms with van der Waals surface area (Å²) < 4.78 is 5.21. The Kier molecular flexibility index (Phi) is 6.07. The van der Waals surface area contributed by atoms with E-state index in [2.05, 4.69) is 22.3 Å². The van der Waals surface area contributed by atoms with E-state index in [0.717, 1.165) is 48.9 Å². The van der Waals surface area contributed by atoms with Crippen molar-refractivity contribution in [3.05, 3.63) is 48.5 Å². The second-order valence-corrected chi connectivity index (χ2v) is 7.62. The van der Waals surface area contributed by atoms with Crippen LogP contribution in [0.1, 0.15) is 12.8 Å². The number of amides is 2. The van der Waals surface area contributed by atoms with E-state index in [-0.39, 0.29) is 18.4 Å². The van der Waals surface area contributed by atoms with Crippen molar-refractivity contribution in [3.8, 4) is 5.75 Å². The van der Waals surface area contributed by atoms with Gasteiger partial charge in [0.2, 0.25) is 11.8 Å². The van der Waals surface area contributed by atoms with Crippen molar-refractivity contribution >= 4 is 28.9 Å². The summed E-state index contributed by atoms with van der Waals surface area (Å²) in [6, 6.07) is 15.7. The van der Waals surface area contributed by atoms with Gasteiger partial charge in [-0.25, -0.2) is 0 Å². The highest BCUT2D eigenvalue weighted by atomic mass is 16.5. The molecule has 0 saturated carbocycles. The van der Waals surface area contributed by atoms with Crippen LogP contribution in [-0.4, -0.2) is 63.1 Å². The van der Waals surface area contributed by atoms with Gasteiger partial charge in [-0.1, -0.05) is 0 Å². The Bertz CT molecular complexity index is 874. The molecule has 4 rings (SSSR count). The molecule has 0 bridgehead atoms. The smallest absolute Gasteiger partial charge is 0.241 e. The lowest BCUT2D eigenvalue weighted by Gasteiger charge is -2.36. The minimum Gasteiger partial charge on any atom is -0.497 e. The molecule has 2 heterocycles. The Morgan fingerprint density at radius 1 is 0.933 bits per heavy atom. The highest BCUT2D eigenvalue weighted by molar-refractivity contribution is 5.95. The van der Waals surface area contributed by atoms with Gasteiger partial charge in [0.05, 0.1) is 13.7 Å². The third-order valence-corrected chi connectivity index (χ3v) is 5.77. The number of anilines is 3. The first-order chi connectivity index (χ1) is 14.6. The number of rotatable bonds is 6. The number of nitrogens with one attached hydrogen (secondary N) is 1. The molecular weight excluding hydrogens is 380 g/mol. The van der Waals surface area contributed by atoms with Gasteiger partial charge in [-0.2, -0.15) is 0 Å². The van der Waals surface area contributed by atoms with Gasteiger partial charge in [-0.3, -0.25) is 9.59 Å². The van der Waals surface area contributed by atoms with Crippen LogP contribution in [0.2, 0.25) is 0 Å². The van der Waals surface area contributed by atoms with Gasteiger partial charge in [-0.15, -0.1) is 0 Å². The number of piperazine rings is 1. The topological polar surface area (TPSA) is 65.1 Å². The fourth-order valence-electron chi connectivity index (χ4n) is 3.98. The van der Waals surface area contributed by atoms with E-state index in [0.29, 0.717) is 19.5 Å². The number of benzene rings is 2. The zero-order valence-electron chi connectivity index (χ0n) is 17.3. The summed E-state index contributed by atoms with van der Waals surface area (Å²) in [4.78, 5) is 30.4. The average molecular weight is 409 g/mol. The molecule has 2 fully saturated rings. The van der Waals surface area contributed by atoms with Crippen molar-refractivity contribution < 1.29 is 14.3 Å². The van der Waals surface area contributed by atoms with Crippen LogP contribution in [0.5, 0.6) is 5.75 Å². The van der Waals surface area contributed by atoms with Crippen molar-refractivity contribution in [2.75, 3.05) is 61.5 Å². The molecule has 1 N–H and O–H groups in total. The summed E-state index contributed by atoms with van der Waals surface area (Å²) >= 11 is 0. The molecule has 2 aliphatic heterocycles. The third-order valence-electron chi connectivity index (χ3n) is 5.77. The molecule has 0 atom stereocenters. The molecule has 0 aliphatic carbocycles. The summed E-state index contributed by atoms with van der Waals surface area (Å²) in [6.07, 6.45) is 1.54. The highest BCUT2D eigenvalue weighted by Crippen LogP contribution is 2.23. The predicted octanol–water partition coefficient (Wildman–Crippen LogP) is 2.58. The number of nitrogens with zero attached hydrogens (tertiary/aromatic N) is 3. The van der Waals surface area contributed by atoms with Gasteiger partial charge in [0, 0.05) is 56.2 Å². The summed E-state index contributed by atoms with van der Waals surface area (Å²) in [5.41, 5.74) is 2.96. The zero-order valence-corrected chi connectivity index (χ0v) is 17.3. The first-order valence-electron chi connectivity index (χ1n) is 10.4. The van der Waals surface area contributed by atoms with Crippen LogP contribution in [0.3, 0.4) is 0 Å². The molecule has 30 heavy (non-hydrogen) atoms. The van der Waals surface area contributed by atoms with Gasteiger partial charge in [-0.05, 0) is 55.0 Å². The Balaban J connectivity index is 1.24. The minimum absolute atomic E-state index is 0.100. The first kappa shape index (κ1) is 20.1. The molecule has 2 aromatic rings. The molecule has 2 aliphatic rings. The van der Waals surface area contributed by atoms with Crippen molar-refractivity contribution in [1.29, 1.82) is 0 Å². The van der Waals surface area contributed by atoms with Gasteiger partial charge in [0.15, 0.2) is 0 Å². The van der Waals surface area contributed by atoms with Crippen molar-refractivity contribution in [2.45, 2.75) is 12.8 Å².